The number of rotatable bonds is 4. The Balaban J connectivity index is 1.61. The molecule has 0 bridgehead atoms. The molecule has 0 spiro atoms. The third-order valence-electron chi connectivity index (χ3n) is 5.31. The summed E-state index contributed by atoms with van der Waals surface area (Å²) in [7, 11) is -3.41. The second kappa shape index (κ2) is 6.91. The molecule has 3 rings (SSSR count). The van der Waals surface area contributed by atoms with Crippen LogP contribution in [0.5, 0.6) is 0 Å². The molecular weight excluding hydrogens is 308 g/mol. The van der Waals surface area contributed by atoms with Gasteiger partial charge < -0.3 is 4.90 Å². The Morgan fingerprint density at radius 1 is 1.04 bits per heavy atom. The highest BCUT2D eigenvalue weighted by molar-refractivity contribution is 7.89. The van der Waals surface area contributed by atoms with Crippen molar-refractivity contribution in [1.29, 1.82) is 0 Å². The van der Waals surface area contributed by atoms with E-state index in [1.54, 1.807) is 6.07 Å². The molecule has 1 saturated heterocycles. The minimum absolute atomic E-state index is 0.0679. The maximum atomic E-state index is 12.6. The summed E-state index contributed by atoms with van der Waals surface area (Å²) in [6.45, 7) is 5.88. The number of likely N-dealkylation sites (tertiary alicyclic amines) is 1. The van der Waals surface area contributed by atoms with Crippen molar-refractivity contribution in [2.75, 3.05) is 13.1 Å². The molecule has 1 aromatic carbocycles. The Labute approximate surface area is 140 Å². The molecule has 1 aliphatic carbocycles. The van der Waals surface area contributed by atoms with Gasteiger partial charge >= 0.3 is 0 Å². The minimum Gasteiger partial charge on any atom is -0.300 e. The van der Waals surface area contributed by atoms with Gasteiger partial charge in [-0.1, -0.05) is 30.5 Å². The number of hydrogen-bond donors (Lipinski definition) is 1. The van der Waals surface area contributed by atoms with Gasteiger partial charge in [-0.25, -0.2) is 13.1 Å². The third-order valence-corrected chi connectivity index (χ3v) is 6.99. The number of sulfonamides is 1. The van der Waals surface area contributed by atoms with E-state index >= 15 is 0 Å². The summed E-state index contributed by atoms with van der Waals surface area (Å²) < 4.78 is 28.2. The Hall–Kier alpha value is -0.910. The van der Waals surface area contributed by atoms with Gasteiger partial charge in [0, 0.05) is 12.1 Å². The van der Waals surface area contributed by atoms with Gasteiger partial charge in [0.25, 0.3) is 0 Å². The summed E-state index contributed by atoms with van der Waals surface area (Å²) in [4.78, 5) is 2.98. The van der Waals surface area contributed by atoms with Crippen LogP contribution in [0.4, 0.5) is 0 Å². The van der Waals surface area contributed by atoms with Gasteiger partial charge in [0.15, 0.2) is 0 Å². The van der Waals surface area contributed by atoms with Crippen molar-refractivity contribution in [3.05, 3.63) is 29.3 Å². The van der Waals surface area contributed by atoms with E-state index in [1.165, 1.54) is 25.7 Å². The summed E-state index contributed by atoms with van der Waals surface area (Å²) in [5.41, 5.74) is 1.91. The molecule has 0 amide bonds. The van der Waals surface area contributed by atoms with Gasteiger partial charge in [0.05, 0.1) is 4.90 Å². The molecule has 1 aromatic rings. The lowest BCUT2D eigenvalue weighted by molar-refractivity contribution is 0.151. The van der Waals surface area contributed by atoms with Crippen molar-refractivity contribution in [2.24, 2.45) is 0 Å². The molecule has 128 valence electrons. The van der Waals surface area contributed by atoms with Crippen LogP contribution in [0, 0.1) is 13.8 Å². The largest absolute Gasteiger partial charge is 0.300 e. The van der Waals surface area contributed by atoms with E-state index in [9.17, 15) is 8.42 Å². The molecule has 0 aromatic heterocycles. The van der Waals surface area contributed by atoms with E-state index in [0.717, 1.165) is 43.1 Å². The average molecular weight is 337 g/mol. The number of nitrogens with one attached hydrogen (secondary N) is 1. The molecule has 1 heterocycles. The van der Waals surface area contributed by atoms with Crippen LogP contribution in [0.25, 0.3) is 0 Å². The second-order valence-corrected chi connectivity index (χ2v) is 8.82. The lowest BCUT2D eigenvalue weighted by Gasteiger charge is -2.36. The topological polar surface area (TPSA) is 49.4 Å². The molecule has 1 saturated carbocycles. The molecule has 0 unspecified atom stereocenters. The van der Waals surface area contributed by atoms with Crippen LogP contribution in [0.2, 0.25) is 0 Å². The molecule has 0 radical (unpaired) electrons. The fraction of sp³-hybridized carbons (Fsp3) is 0.667. The highest BCUT2D eigenvalue weighted by Crippen LogP contribution is 2.26. The first-order chi connectivity index (χ1) is 11.0. The van der Waals surface area contributed by atoms with Gasteiger partial charge in [-0.3, -0.25) is 0 Å². The number of hydrogen-bond acceptors (Lipinski definition) is 3. The van der Waals surface area contributed by atoms with E-state index in [0.29, 0.717) is 4.90 Å². The molecule has 4 nitrogen and oxygen atoms in total. The van der Waals surface area contributed by atoms with Gasteiger partial charge in [0.2, 0.25) is 10.0 Å². The van der Waals surface area contributed by atoms with Crippen molar-refractivity contribution < 1.29 is 8.42 Å². The first-order valence-corrected chi connectivity index (χ1v) is 10.3. The summed E-state index contributed by atoms with van der Waals surface area (Å²) >= 11 is 0. The average Bonchev–Trinajstić information content (AvgIpc) is 3.01. The van der Waals surface area contributed by atoms with Crippen molar-refractivity contribution in [3.8, 4) is 0 Å². The fourth-order valence-corrected chi connectivity index (χ4v) is 5.57. The highest BCUT2D eigenvalue weighted by atomic mass is 32.2. The zero-order valence-electron chi connectivity index (χ0n) is 14.2. The van der Waals surface area contributed by atoms with Gasteiger partial charge in [-0.2, -0.15) is 0 Å². The fourth-order valence-electron chi connectivity index (χ4n) is 4.04. The van der Waals surface area contributed by atoms with Gasteiger partial charge in [0.1, 0.15) is 0 Å². The van der Waals surface area contributed by atoms with Gasteiger partial charge in [-0.15, -0.1) is 0 Å². The highest BCUT2D eigenvalue weighted by Gasteiger charge is 2.29. The van der Waals surface area contributed by atoms with Gasteiger partial charge in [-0.05, 0) is 64.3 Å². The number of nitrogens with zero attached hydrogens (tertiary/aromatic N) is 1. The van der Waals surface area contributed by atoms with Crippen LogP contribution >= 0.6 is 0 Å². The molecule has 1 N–H and O–H groups in total. The van der Waals surface area contributed by atoms with E-state index in [2.05, 4.69) is 9.62 Å². The van der Waals surface area contributed by atoms with Crippen molar-refractivity contribution >= 4 is 10.0 Å². The summed E-state index contributed by atoms with van der Waals surface area (Å²) in [5.74, 6) is 0. The standard InChI is InChI=1S/C18H28N2O2S/c1-14-7-8-18(15(2)13-14)23(21,22)19-16-9-11-20(12-10-16)17-5-3-4-6-17/h7-8,13,16-17,19H,3-6,9-12H2,1-2H3. The predicted molar refractivity (Wildman–Crippen MR) is 93.1 cm³/mol. The molecule has 0 atom stereocenters. The van der Waals surface area contributed by atoms with Crippen LogP contribution in [0.3, 0.4) is 0 Å². The van der Waals surface area contributed by atoms with Crippen molar-refractivity contribution in [1.82, 2.24) is 9.62 Å². The maximum absolute atomic E-state index is 12.6. The van der Waals surface area contributed by atoms with Crippen LogP contribution in [-0.2, 0) is 10.0 Å². The maximum Gasteiger partial charge on any atom is 0.241 e. The van der Waals surface area contributed by atoms with Crippen LogP contribution < -0.4 is 4.72 Å². The van der Waals surface area contributed by atoms with Crippen molar-refractivity contribution in [2.45, 2.75) is 69.4 Å². The second-order valence-electron chi connectivity index (χ2n) is 7.14. The number of piperidine rings is 1. The molecular formula is C18H28N2O2S. The molecule has 23 heavy (non-hydrogen) atoms. The third kappa shape index (κ3) is 3.95. The van der Waals surface area contributed by atoms with E-state index in [-0.39, 0.29) is 6.04 Å². The lowest BCUT2D eigenvalue weighted by atomic mass is 10.0. The van der Waals surface area contributed by atoms with Crippen LogP contribution in [0.1, 0.15) is 49.7 Å². The van der Waals surface area contributed by atoms with Crippen molar-refractivity contribution in [3.63, 3.8) is 0 Å². The normalized spacial score (nSPS) is 21.8. The Bertz CT molecular complexity index is 643. The Morgan fingerprint density at radius 3 is 2.30 bits per heavy atom. The molecule has 1 aliphatic heterocycles. The van der Waals surface area contributed by atoms with E-state index < -0.39 is 10.0 Å². The predicted octanol–water partition coefficient (Wildman–Crippen LogP) is 2.99. The zero-order valence-corrected chi connectivity index (χ0v) is 15.0. The SMILES string of the molecule is Cc1ccc(S(=O)(=O)NC2CCN(C3CCCC3)CC2)c(C)c1. The number of aryl methyl sites for hydroxylation is 2. The van der Waals surface area contributed by atoms with Crippen LogP contribution in [0.15, 0.2) is 23.1 Å². The Kier molecular flexibility index (Phi) is 5.09. The molecule has 2 fully saturated rings. The zero-order chi connectivity index (χ0) is 16.4. The monoisotopic (exact) mass is 336 g/mol. The first-order valence-electron chi connectivity index (χ1n) is 8.79. The molecule has 2 aliphatic rings. The quantitative estimate of drug-likeness (QED) is 0.919. The lowest BCUT2D eigenvalue weighted by Crippen LogP contribution is -2.47. The van der Waals surface area contributed by atoms with E-state index in [1.807, 2.05) is 26.0 Å². The minimum atomic E-state index is -3.41. The smallest absolute Gasteiger partial charge is 0.241 e. The number of benzene rings is 1. The summed E-state index contributed by atoms with van der Waals surface area (Å²) in [5, 5.41) is 0. The Morgan fingerprint density at radius 2 is 1.70 bits per heavy atom. The summed E-state index contributed by atoms with van der Waals surface area (Å²) in [6.07, 6.45) is 7.17. The first kappa shape index (κ1) is 16.9. The summed E-state index contributed by atoms with van der Waals surface area (Å²) in [6, 6.07) is 6.33. The van der Waals surface area contributed by atoms with Crippen LogP contribution in [-0.4, -0.2) is 38.5 Å². The van der Waals surface area contributed by atoms with E-state index in [4.69, 9.17) is 0 Å². The molecule has 5 heteroatoms.